The molecule has 10 heteroatoms. The number of hydrogen-bond donors (Lipinski definition) is 2. The van der Waals surface area contributed by atoms with Crippen molar-refractivity contribution in [1.29, 1.82) is 0 Å². The Balaban J connectivity index is 1.61. The van der Waals surface area contributed by atoms with E-state index in [0.717, 1.165) is 43.7 Å². The van der Waals surface area contributed by atoms with Crippen LogP contribution in [0.5, 0.6) is 5.75 Å². The van der Waals surface area contributed by atoms with Crippen molar-refractivity contribution in [3.05, 3.63) is 43.0 Å². The first-order valence-electron chi connectivity index (χ1n) is 11.5. The lowest BCUT2D eigenvalue weighted by molar-refractivity contribution is 0.141. The normalized spacial score (nSPS) is 16.0. The van der Waals surface area contributed by atoms with Crippen LogP contribution in [0.3, 0.4) is 0 Å². The summed E-state index contributed by atoms with van der Waals surface area (Å²) >= 11 is 0. The van der Waals surface area contributed by atoms with Gasteiger partial charge >= 0.3 is 0 Å². The van der Waals surface area contributed by atoms with Gasteiger partial charge in [0.15, 0.2) is 23.2 Å². The van der Waals surface area contributed by atoms with Crippen LogP contribution in [-0.4, -0.2) is 50.3 Å². The lowest BCUT2D eigenvalue weighted by Crippen LogP contribution is -2.50. The maximum absolute atomic E-state index is 6.22. The summed E-state index contributed by atoms with van der Waals surface area (Å²) in [5, 5.41) is 12.4. The Morgan fingerprint density at radius 2 is 2.09 bits per heavy atom. The minimum atomic E-state index is 0.151. The summed E-state index contributed by atoms with van der Waals surface area (Å²) in [6.45, 7) is 11.9. The van der Waals surface area contributed by atoms with Crippen molar-refractivity contribution in [2.24, 2.45) is 10.7 Å². The van der Waals surface area contributed by atoms with Crippen LogP contribution in [0.25, 0.3) is 28.5 Å². The number of nitrogens with one attached hydrogen (secondary N) is 1. The van der Waals surface area contributed by atoms with E-state index < -0.39 is 0 Å². The van der Waals surface area contributed by atoms with Crippen LogP contribution in [0.1, 0.15) is 43.4 Å². The van der Waals surface area contributed by atoms with E-state index in [1.165, 1.54) is 0 Å². The number of ether oxygens (including phenoxy) is 1. The fraction of sp³-hybridized carbons (Fsp3) is 0.375. The second-order valence-corrected chi connectivity index (χ2v) is 8.45. The van der Waals surface area contributed by atoms with Gasteiger partial charge in [-0.15, -0.1) is 6.58 Å². The van der Waals surface area contributed by atoms with Gasteiger partial charge in [0.25, 0.3) is 0 Å². The molecule has 0 spiro atoms. The van der Waals surface area contributed by atoms with E-state index in [4.69, 9.17) is 20.1 Å². The molecule has 3 aromatic rings. The van der Waals surface area contributed by atoms with Crippen molar-refractivity contribution in [2.45, 2.75) is 44.8 Å². The van der Waals surface area contributed by atoms with E-state index >= 15 is 0 Å². The summed E-state index contributed by atoms with van der Waals surface area (Å²) < 4.78 is 13.5. The van der Waals surface area contributed by atoms with E-state index in [-0.39, 0.29) is 12.0 Å². The van der Waals surface area contributed by atoms with Crippen molar-refractivity contribution in [2.75, 3.05) is 13.1 Å². The molecule has 2 aliphatic rings. The molecule has 0 aromatic carbocycles. The van der Waals surface area contributed by atoms with E-state index in [1.54, 1.807) is 23.3 Å². The van der Waals surface area contributed by atoms with Crippen LogP contribution in [0.15, 0.2) is 41.1 Å². The molecule has 10 nitrogen and oxygen atoms in total. The number of nitrogens with two attached hydrogens (primary N) is 1. The van der Waals surface area contributed by atoms with Crippen LogP contribution < -0.4 is 15.8 Å². The number of allylic oxidation sites excluding steroid dienone is 1. The molecular formula is C24H28N8O2. The second kappa shape index (κ2) is 9.22. The summed E-state index contributed by atoms with van der Waals surface area (Å²) in [6.07, 6.45) is 9.86. The zero-order valence-electron chi connectivity index (χ0n) is 19.2. The zero-order valence-corrected chi connectivity index (χ0v) is 19.2. The third-order valence-corrected chi connectivity index (χ3v) is 5.83. The number of hydrogen-bond acceptors (Lipinski definition) is 9. The monoisotopic (exact) mass is 460 g/mol. The largest absolute Gasteiger partial charge is 0.485 e. The summed E-state index contributed by atoms with van der Waals surface area (Å²) in [4.78, 5) is 13.7. The predicted molar refractivity (Wildman–Crippen MR) is 130 cm³/mol. The van der Waals surface area contributed by atoms with Crippen LogP contribution >= 0.6 is 0 Å². The smallest absolute Gasteiger partial charge is 0.165 e. The lowest BCUT2D eigenvalue weighted by Gasteiger charge is -2.27. The third-order valence-electron chi connectivity index (χ3n) is 5.83. The highest BCUT2D eigenvalue weighted by Crippen LogP contribution is 2.48. The lowest BCUT2D eigenvalue weighted by atomic mass is 10.0. The standard InChI is InChI=1S/C24H28N8O2/c1-4-6-9-32-24(27-5-2)18(14(3)25)20(30-32)21-19(22(34-31-21)15-7-8-15)23-28-12-17(13-29-23)33-16-10-26-11-16/h4-5,12-13,15-16,26H,1,3,6-11,25H2,2H3/b27-5-. The third kappa shape index (κ3) is 4.12. The number of aromatic nitrogens is 5. The van der Waals surface area contributed by atoms with Crippen molar-refractivity contribution in [3.8, 4) is 28.5 Å². The average molecular weight is 461 g/mol. The summed E-state index contributed by atoms with van der Waals surface area (Å²) in [6, 6.07) is 0. The average Bonchev–Trinajstić information content (AvgIpc) is 3.45. The molecule has 176 valence electrons. The molecule has 0 unspecified atom stereocenters. The predicted octanol–water partition coefficient (Wildman–Crippen LogP) is 3.45. The highest BCUT2D eigenvalue weighted by atomic mass is 16.5. The molecule has 5 rings (SSSR count). The van der Waals surface area contributed by atoms with Gasteiger partial charge in [0.05, 0.1) is 23.5 Å². The Hall–Kier alpha value is -3.79. The van der Waals surface area contributed by atoms with Crippen LogP contribution in [0, 0.1) is 0 Å². The Morgan fingerprint density at radius 1 is 1.32 bits per heavy atom. The minimum absolute atomic E-state index is 0.151. The van der Waals surface area contributed by atoms with Gasteiger partial charge in [-0.25, -0.2) is 19.6 Å². The molecule has 4 heterocycles. The van der Waals surface area contributed by atoms with Crippen molar-refractivity contribution in [3.63, 3.8) is 0 Å². The topological polar surface area (TPSA) is 129 Å². The van der Waals surface area contributed by atoms with Gasteiger partial charge in [0, 0.05) is 37.5 Å². The number of aliphatic imine (C=N–C) groups is 1. The maximum atomic E-state index is 6.22. The molecular weight excluding hydrogens is 432 g/mol. The van der Waals surface area contributed by atoms with Crippen LogP contribution in [-0.2, 0) is 6.54 Å². The first-order chi connectivity index (χ1) is 16.6. The van der Waals surface area contributed by atoms with Gasteiger partial charge in [0.2, 0.25) is 0 Å². The summed E-state index contributed by atoms with van der Waals surface area (Å²) in [5.74, 6) is 2.81. The Morgan fingerprint density at radius 3 is 2.68 bits per heavy atom. The number of aryl methyl sites for hydroxylation is 1. The molecule has 1 aliphatic heterocycles. The fourth-order valence-electron chi connectivity index (χ4n) is 3.89. The molecule has 0 bridgehead atoms. The first-order valence-corrected chi connectivity index (χ1v) is 11.5. The van der Waals surface area contributed by atoms with Crippen molar-refractivity contribution >= 4 is 17.7 Å². The molecule has 0 amide bonds. The van der Waals surface area contributed by atoms with Gasteiger partial charge in [-0.2, -0.15) is 5.10 Å². The Labute approximate surface area is 197 Å². The van der Waals surface area contributed by atoms with E-state index in [9.17, 15) is 0 Å². The van der Waals surface area contributed by atoms with Gasteiger partial charge in [0.1, 0.15) is 17.5 Å². The highest BCUT2D eigenvalue weighted by molar-refractivity contribution is 5.88. The van der Waals surface area contributed by atoms with Crippen LogP contribution in [0.4, 0.5) is 5.82 Å². The first kappa shape index (κ1) is 22.0. The molecule has 3 aromatic heterocycles. The van der Waals surface area contributed by atoms with Gasteiger partial charge < -0.3 is 20.3 Å². The van der Waals surface area contributed by atoms with E-state index in [1.807, 2.05) is 13.0 Å². The second-order valence-electron chi connectivity index (χ2n) is 8.45. The molecule has 0 radical (unpaired) electrons. The molecule has 3 N–H and O–H groups in total. The number of rotatable bonds is 10. The summed E-state index contributed by atoms with van der Waals surface area (Å²) in [7, 11) is 0. The molecule has 0 atom stereocenters. The Kier molecular flexibility index (Phi) is 5.97. The van der Waals surface area contributed by atoms with Gasteiger partial charge in [-0.1, -0.05) is 17.8 Å². The quantitative estimate of drug-likeness (QED) is 0.348. The molecule has 34 heavy (non-hydrogen) atoms. The van der Waals surface area contributed by atoms with E-state index in [0.29, 0.717) is 46.6 Å². The van der Waals surface area contributed by atoms with Crippen LogP contribution in [0.2, 0.25) is 0 Å². The molecule has 1 saturated carbocycles. The SMILES string of the molecule is C=CCCn1nc(-c2noc(C3CC3)c2-c2ncc(OC3CNC3)cn2)c(C(=C)N)c1/N=C\C. The van der Waals surface area contributed by atoms with Crippen molar-refractivity contribution < 1.29 is 9.26 Å². The Bertz CT molecular complexity index is 1230. The molecule has 1 aliphatic carbocycles. The van der Waals surface area contributed by atoms with E-state index in [2.05, 4.69) is 38.6 Å². The maximum Gasteiger partial charge on any atom is 0.165 e. The highest BCUT2D eigenvalue weighted by Gasteiger charge is 2.36. The summed E-state index contributed by atoms with van der Waals surface area (Å²) in [5.41, 5.74) is 9.00. The van der Waals surface area contributed by atoms with Crippen molar-refractivity contribution in [1.82, 2.24) is 30.2 Å². The molecule has 2 fully saturated rings. The van der Waals surface area contributed by atoms with Gasteiger partial charge in [-0.3, -0.25) is 0 Å². The van der Waals surface area contributed by atoms with Gasteiger partial charge in [-0.05, 0) is 26.2 Å². The minimum Gasteiger partial charge on any atom is -0.485 e. The molecule has 1 saturated heterocycles. The number of nitrogens with zero attached hydrogens (tertiary/aromatic N) is 6. The zero-order chi connectivity index (χ0) is 23.7. The fourth-order valence-corrected chi connectivity index (χ4v) is 3.89.